The van der Waals surface area contributed by atoms with Gasteiger partial charge in [-0.3, -0.25) is 0 Å². The highest BCUT2D eigenvalue weighted by atomic mass is 32.2. The van der Waals surface area contributed by atoms with Gasteiger partial charge in [-0.1, -0.05) is 13.8 Å². The highest BCUT2D eigenvalue weighted by Gasteiger charge is 2.37. The Labute approximate surface area is 190 Å². The molecular formula is C24H35N5OS. The van der Waals surface area contributed by atoms with Gasteiger partial charge in [0, 0.05) is 36.5 Å². The quantitative estimate of drug-likeness (QED) is 0.700. The Balaban J connectivity index is 1.80. The topological polar surface area (TPSA) is 90.3 Å². The Kier molecular flexibility index (Phi) is 6.35. The molecule has 1 aromatic heterocycles. The van der Waals surface area contributed by atoms with Crippen LogP contribution in [0.25, 0.3) is 11.3 Å². The Hall–Kier alpha value is -1.99. The van der Waals surface area contributed by atoms with Crippen LogP contribution in [0.4, 0.5) is 11.5 Å². The second-order valence-corrected chi connectivity index (χ2v) is 10.5. The molecule has 0 unspecified atom stereocenters. The molecule has 0 saturated heterocycles. The van der Waals surface area contributed by atoms with E-state index in [1.54, 1.807) is 6.33 Å². The third-order valence-corrected chi connectivity index (χ3v) is 7.29. The highest BCUT2D eigenvalue weighted by molar-refractivity contribution is 7.98. The van der Waals surface area contributed by atoms with Crippen LogP contribution in [0.1, 0.15) is 50.7 Å². The van der Waals surface area contributed by atoms with Gasteiger partial charge < -0.3 is 21.1 Å². The molecule has 4 N–H and O–H groups in total. The lowest BCUT2D eigenvalue weighted by atomic mass is 9.71. The first kappa shape index (κ1) is 22.2. The zero-order valence-electron chi connectivity index (χ0n) is 19.1. The van der Waals surface area contributed by atoms with Crippen LogP contribution >= 0.6 is 11.8 Å². The number of rotatable bonds is 6. The van der Waals surface area contributed by atoms with Crippen LogP contribution in [-0.2, 0) is 11.8 Å². The normalized spacial score (nSPS) is 21.8. The number of anilines is 2. The number of ether oxygens (including phenoxy) is 1. The largest absolute Gasteiger partial charge is 0.488 e. The minimum atomic E-state index is -0.154. The zero-order chi connectivity index (χ0) is 22.2. The van der Waals surface area contributed by atoms with E-state index in [0.717, 1.165) is 67.0 Å². The molecule has 7 heteroatoms. The summed E-state index contributed by atoms with van der Waals surface area (Å²) < 4.78 is 6.62. The molecule has 0 amide bonds. The Bertz CT molecular complexity index is 940. The van der Waals surface area contributed by atoms with Gasteiger partial charge in [0.15, 0.2) is 0 Å². The van der Waals surface area contributed by atoms with E-state index in [1.165, 1.54) is 11.3 Å². The SMILES string of the molecule is CSCCN(C)c1c(OC2CCC(N)CC2)ccc2c1CC(C)(C)c1c(N)ncnc1-2. The molecule has 1 saturated carbocycles. The smallest absolute Gasteiger partial charge is 0.143 e. The van der Waals surface area contributed by atoms with Crippen molar-refractivity contribution >= 4 is 23.3 Å². The van der Waals surface area contributed by atoms with Gasteiger partial charge in [-0.05, 0) is 61.5 Å². The van der Waals surface area contributed by atoms with Crippen molar-refractivity contribution in [1.82, 2.24) is 9.97 Å². The molecule has 0 aliphatic heterocycles. The highest BCUT2D eigenvalue weighted by Crippen LogP contribution is 2.49. The predicted molar refractivity (Wildman–Crippen MR) is 131 cm³/mol. The fourth-order valence-corrected chi connectivity index (χ4v) is 5.51. The summed E-state index contributed by atoms with van der Waals surface area (Å²) in [5, 5.41) is 0. The van der Waals surface area contributed by atoms with E-state index in [4.69, 9.17) is 16.2 Å². The summed E-state index contributed by atoms with van der Waals surface area (Å²) in [6, 6.07) is 4.60. The first-order valence-electron chi connectivity index (χ1n) is 11.2. The second kappa shape index (κ2) is 8.87. The van der Waals surface area contributed by atoms with Crippen molar-refractivity contribution in [2.24, 2.45) is 5.73 Å². The molecule has 2 aliphatic carbocycles. The zero-order valence-corrected chi connectivity index (χ0v) is 20.0. The summed E-state index contributed by atoms with van der Waals surface area (Å²) >= 11 is 1.86. The molecule has 1 aromatic carbocycles. The number of fused-ring (bicyclic) bond motifs is 3. The molecule has 4 rings (SSSR count). The monoisotopic (exact) mass is 441 g/mol. The number of nitrogen functional groups attached to an aromatic ring is 1. The van der Waals surface area contributed by atoms with E-state index in [1.807, 2.05) is 11.8 Å². The maximum Gasteiger partial charge on any atom is 0.143 e. The number of benzene rings is 1. The molecule has 2 aliphatic rings. The Morgan fingerprint density at radius 2 is 1.94 bits per heavy atom. The number of nitrogens with two attached hydrogens (primary N) is 2. The van der Waals surface area contributed by atoms with Gasteiger partial charge in [-0.2, -0.15) is 11.8 Å². The average Bonchev–Trinajstić information content (AvgIpc) is 2.73. The van der Waals surface area contributed by atoms with Crippen LogP contribution in [0.5, 0.6) is 5.75 Å². The van der Waals surface area contributed by atoms with E-state index in [0.29, 0.717) is 11.9 Å². The maximum absolute atomic E-state index is 6.62. The van der Waals surface area contributed by atoms with Gasteiger partial charge in [-0.25, -0.2) is 9.97 Å². The van der Waals surface area contributed by atoms with E-state index in [9.17, 15) is 0 Å². The van der Waals surface area contributed by atoms with E-state index in [-0.39, 0.29) is 11.5 Å². The first-order valence-corrected chi connectivity index (χ1v) is 12.6. The minimum absolute atomic E-state index is 0.154. The van der Waals surface area contributed by atoms with Crippen molar-refractivity contribution in [3.8, 4) is 17.0 Å². The lowest BCUT2D eigenvalue weighted by molar-refractivity contribution is 0.147. The van der Waals surface area contributed by atoms with Crippen LogP contribution in [0.15, 0.2) is 18.5 Å². The molecule has 31 heavy (non-hydrogen) atoms. The van der Waals surface area contributed by atoms with Gasteiger partial charge in [0.25, 0.3) is 0 Å². The lowest BCUT2D eigenvalue weighted by Crippen LogP contribution is -2.33. The van der Waals surface area contributed by atoms with Gasteiger partial charge in [0.2, 0.25) is 0 Å². The fourth-order valence-electron chi connectivity index (χ4n) is 5.06. The molecule has 0 radical (unpaired) electrons. The molecule has 2 aromatic rings. The molecule has 6 nitrogen and oxygen atoms in total. The van der Waals surface area contributed by atoms with Gasteiger partial charge in [0.1, 0.15) is 17.9 Å². The number of hydrogen-bond donors (Lipinski definition) is 2. The lowest BCUT2D eigenvalue weighted by Gasteiger charge is -2.37. The molecule has 1 fully saturated rings. The number of hydrogen-bond acceptors (Lipinski definition) is 7. The standard InChI is InChI=1S/C24H35N5OS/c1-24(2)13-18-17(21-20(24)23(26)28-14-27-21)9-10-19(22(18)29(3)11-12-31-4)30-16-7-5-15(25)6-8-16/h9-10,14-16H,5-8,11-13,25H2,1-4H3,(H2,26,27,28). The average molecular weight is 442 g/mol. The van der Waals surface area contributed by atoms with Crippen LogP contribution in [0, 0.1) is 0 Å². The van der Waals surface area contributed by atoms with E-state index < -0.39 is 0 Å². The van der Waals surface area contributed by atoms with Crippen molar-refractivity contribution in [2.75, 3.05) is 36.2 Å². The second-order valence-electron chi connectivity index (χ2n) is 9.55. The molecule has 0 bridgehead atoms. The van der Waals surface area contributed by atoms with Crippen molar-refractivity contribution < 1.29 is 4.74 Å². The van der Waals surface area contributed by atoms with Gasteiger partial charge in [-0.15, -0.1) is 0 Å². The van der Waals surface area contributed by atoms with Gasteiger partial charge >= 0.3 is 0 Å². The van der Waals surface area contributed by atoms with Crippen LogP contribution in [-0.4, -0.2) is 47.7 Å². The summed E-state index contributed by atoms with van der Waals surface area (Å²) in [7, 11) is 2.17. The maximum atomic E-state index is 6.62. The number of aromatic nitrogens is 2. The number of nitrogens with zero attached hydrogens (tertiary/aromatic N) is 3. The third-order valence-electron chi connectivity index (χ3n) is 6.70. The summed E-state index contributed by atoms with van der Waals surface area (Å²) in [4.78, 5) is 11.3. The van der Waals surface area contributed by atoms with Gasteiger partial charge in [0.05, 0.1) is 17.5 Å². The third kappa shape index (κ3) is 4.35. The van der Waals surface area contributed by atoms with Crippen LogP contribution in [0.2, 0.25) is 0 Å². The molecule has 1 heterocycles. The molecule has 168 valence electrons. The molecule has 0 atom stereocenters. The Morgan fingerprint density at radius 3 is 2.65 bits per heavy atom. The fraction of sp³-hybridized carbons (Fsp3) is 0.583. The van der Waals surface area contributed by atoms with E-state index in [2.05, 4.69) is 54.2 Å². The summed E-state index contributed by atoms with van der Waals surface area (Å²) in [5.74, 6) is 2.62. The summed E-state index contributed by atoms with van der Waals surface area (Å²) in [6.45, 7) is 5.43. The summed E-state index contributed by atoms with van der Waals surface area (Å²) in [6.07, 6.45) is 8.93. The first-order chi connectivity index (χ1) is 14.8. The van der Waals surface area contributed by atoms with Crippen molar-refractivity contribution in [1.29, 1.82) is 0 Å². The van der Waals surface area contributed by atoms with Crippen molar-refractivity contribution in [3.05, 3.63) is 29.6 Å². The Morgan fingerprint density at radius 1 is 1.19 bits per heavy atom. The van der Waals surface area contributed by atoms with Crippen LogP contribution in [0.3, 0.4) is 0 Å². The van der Waals surface area contributed by atoms with Crippen LogP contribution < -0.4 is 21.1 Å². The molecular weight excluding hydrogens is 406 g/mol. The molecule has 0 spiro atoms. The number of thioether (sulfide) groups is 1. The van der Waals surface area contributed by atoms with E-state index >= 15 is 0 Å². The van der Waals surface area contributed by atoms with Crippen molar-refractivity contribution in [3.63, 3.8) is 0 Å². The van der Waals surface area contributed by atoms with Crippen molar-refractivity contribution in [2.45, 2.75) is 63.5 Å². The minimum Gasteiger partial charge on any atom is -0.488 e. The summed E-state index contributed by atoms with van der Waals surface area (Å²) in [5.41, 5.74) is 17.9. The predicted octanol–water partition coefficient (Wildman–Crippen LogP) is 4.01.